The van der Waals surface area contributed by atoms with E-state index >= 15 is 0 Å². The number of carboxylic acids is 1. The number of hydrogen-bond acceptors (Lipinski definition) is 4. The molecule has 0 spiro atoms. The molecule has 1 fully saturated rings. The van der Waals surface area contributed by atoms with Crippen LogP contribution in [0.5, 0.6) is 0 Å². The molecular formula is C29H29FN4O3. The van der Waals surface area contributed by atoms with Gasteiger partial charge >= 0.3 is 5.97 Å². The minimum Gasteiger partial charge on any atom is -0.480 e. The number of benzene rings is 2. The molecule has 1 saturated heterocycles. The lowest BCUT2D eigenvalue weighted by Crippen LogP contribution is -2.44. The number of piperidine rings is 1. The Hall–Kier alpha value is -4.04. The number of aliphatic carboxylic acids is 1. The molecule has 0 bridgehead atoms. The molecule has 190 valence electrons. The summed E-state index contributed by atoms with van der Waals surface area (Å²) in [5.74, 6) is -1.35. The normalized spacial score (nSPS) is 15.5. The van der Waals surface area contributed by atoms with E-state index in [-0.39, 0.29) is 17.8 Å². The number of fused-ring (bicyclic) bond motifs is 1. The Morgan fingerprint density at radius 1 is 1.11 bits per heavy atom. The van der Waals surface area contributed by atoms with Gasteiger partial charge < -0.3 is 15.0 Å². The van der Waals surface area contributed by atoms with Gasteiger partial charge in [-0.05, 0) is 55.7 Å². The van der Waals surface area contributed by atoms with Crippen LogP contribution in [0.2, 0.25) is 0 Å². The number of hydrogen-bond donors (Lipinski definition) is 2. The predicted molar refractivity (Wildman–Crippen MR) is 140 cm³/mol. The highest BCUT2D eigenvalue weighted by Gasteiger charge is 2.24. The monoisotopic (exact) mass is 500 g/mol. The Kier molecular flexibility index (Phi) is 7.01. The van der Waals surface area contributed by atoms with Crippen molar-refractivity contribution in [3.05, 3.63) is 90.0 Å². The molecule has 1 aliphatic rings. The van der Waals surface area contributed by atoms with E-state index in [1.807, 2.05) is 35.0 Å². The van der Waals surface area contributed by atoms with E-state index in [1.165, 1.54) is 18.3 Å². The number of para-hydroxylation sites is 1. The van der Waals surface area contributed by atoms with Gasteiger partial charge in [0, 0.05) is 54.5 Å². The second-order valence-corrected chi connectivity index (χ2v) is 9.56. The van der Waals surface area contributed by atoms with E-state index in [0.29, 0.717) is 16.8 Å². The van der Waals surface area contributed by atoms with Gasteiger partial charge in [-0.3, -0.25) is 14.7 Å². The Morgan fingerprint density at radius 2 is 1.89 bits per heavy atom. The fourth-order valence-corrected chi connectivity index (χ4v) is 4.93. The van der Waals surface area contributed by atoms with E-state index in [9.17, 15) is 19.1 Å². The molecule has 0 saturated carbocycles. The number of halogens is 1. The van der Waals surface area contributed by atoms with Gasteiger partial charge in [0.1, 0.15) is 11.9 Å². The summed E-state index contributed by atoms with van der Waals surface area (Å²) in [4.78, 5) is 31.0. The molecule has 1 aliphatic heterocycles. The summed E-state index contributed by atoms with van der Waals surface area (Å²) in [6.07, 6.45) is 5.13. The number of pyridine rings is 1. The molecule has 3 heterocycles. The molecule has 1 amide bonds. The van der Waals surface area contributed by atoms with Gasteiger partial charge in [0.25, 0.3) is 5.91 Å². The highest BCUT2D eigenvalue weighted by Crippen LogP contribution is 2.27. The summed E-state index contributed by atoms with van der Waals surface area (Å²) in [6, 6.07) is 17.0. The Labute approximate surface area is 214 Å². The third-order valence-corrected chi connectivity index (χ3v) is 7.06. The summed E-state index contributed by atoms with van der Waals surface area (Å²) < 4.78 is 15.3. The molecule has 4 aromatic rings. The number of amides is 1. The van der Waals surface area contributed by atoms with Crippen molar-refractivity contribution in [2.45, 2.75) is 38.4 Å². The van der Waals surface area contributed by atoms with Crippen LogP contribution in [0.3, 0.4) is 0 Å². The fourth-order valence-electron chi connectivity index (χ4n) is 4.93. The first-order valence-electron chi connectivity index (χ1n) is 12.5. The van der Waals surface area contributed by atoms with Crippen molar-refractivity contribution in [2.24, 2.45) is 0 Å². The smallest absolute Gasteiger partial charge is 0.326 e. The summed E-state index contributed by atoms with van der Waals surface area (Å²) in [5.41, 5.74) is 3.79. The fraction of sp³-hybridized carbons (Fsp3) is 0.276. The summed E-state index contributed by atoms with van der Waals surface area (Å²) in [7, 11) is 0. The molecule has 8 heteroatoms. The Morgan fingerprint density at radius 3 is 2.59 bits per heavy atom. The topological polar surface area (TPSA) is 87.5 Å². The average Bonchev–Trinajstić information content (AvgIpc) is 3.27. The van der Waals surface area contributed by atoms with Gasteiger partial charge in [-0.1, -0.05) is 30.3 Å². The maximum atomic E-state index is 13.5. The maximum absolute atomic E-state index is 13.5. The Bertz CT molecular complexity index is 1420. The van der Waals surface area contributed by atoms with Crippen LogP contribution < -0.4 is 5.32 Å². The van der Waals surface area contributed by atoms with Crippen molar-refractivity contribution < 1.29 is 19.1 Å². The van der Waals surface area contributed by atoms with Gasteiger partial charge in [0.15, 0.2) is 0 Å². The first kappa shape index (κ1) is 24.6. The van der Waals surface area contributed by atoms with Crippen molar-refractivity contribution in [3.8, 4) is 11.3 Å². The highest BCUT2D eigenvalue weighted by atomic mass is 19.1. The standard InChI is InChI=1S/C29H29FN4O3/c1-19(29(36)37)34-18-22(25-7-2-3-8-27(25)34)17-33-13-11-24(12-14-33)32-28(35)21-9-10-26(31-16-21)20-5-4-6-23(30)15-20/h2-10,15-16,18-19,24H,11-14,17H2,1H3,(H,32,35)(H,36,37). The first-order chi connectivity index (χ1) is 17.9. The zero-order valence-corrected chi connectivity index (χ0v) is 20.6. The lowest BCUT2D eigenvalue weighted by molar-refractivity contribution is -0.140. The van der Waals surface area contributed by atoms with Gasteiger partial charge in [-0.25, -0.2) is 9.18 Å². The lowest BCUT2D eigenvalue weighted by atomic mass is 10.0. The van der Waals surface area contributed by atoms with Crippen LogP contribution in [0.4, 0.5) is 4.39 Å². The van der Waals surface area contributed by atoms with E-state index in [0.717, 1.165) is 48.9 Å². The van der Waals surface area contributed by atoms with Gasteiger partial charge in [-0.15, -0.1) is 0 Å². The van der Waals surface area contributed by atoms with Crippen LogP contribution in [-0.4, -0.2) is 50.6 Å². The number of carbonyl (C=O) groups is 2. The van der Waals surface area contributed by atoms with Crippen LogP contribution in [-0.2, 0) is 11.3 Å². The molecule has 0 radical (unpaired) electrons. The van der Waals surface area contributed by atoms with Crippen LogP contribution in [0.25, 0.3) is 22.2 Å². The number of aromatic nitrogens is 2. The van der Waals surface area contributed by atoms with Crippen molar-refractivity contribution in [1.82, 2.24) is 19.8 Å². The minimum absolute atomic E-state index is 0.0695. The van der Waals surface area contributed by atoms with E-state index < -0.39 is 12.0 Å². The van der Waals surface area contributed by atoms with Crippen LogP contribution in [0.1, 0.15) is 41.7 Å². The molecule has 0 aliphatic carbocycles. The molecule has 2 aromatic carbocycles. The molecule has 37 heavy (non-hydrogen) atoms. The van der Waals surface area contributed by atoms with Crippen LogP contribution >= 0.6 is 0 Å². The van der Waals surface area contributed by atoms with Gasteiger partial charge in [0.2, 0.25) is 0 Å². The molecule has 2 N–H and O–H groups in total. The first-order valence-corrected chi connectivity index (χ1v) is 12.5. The zero-order valence-electron chi connectivity index (χ0n) is 20.6. The van der Waals surface area contributed by atoms with E-state index in [4.69, 9.17) is 0 Å². The zero-order chi connectivity index (χ0) is 25.9. The highest BCUT2D eigenvalue weighted by molar-refractivity contribution is 5.94. The molecule has 1 unspecified atom stereocenters. The SMILES string of the molecule is CC(C(=O)O)n1cc(CN2CCC(NC(=O)c3ccc(-c4cccc(F)c4)nc3)CC2)c2ccccc21. The summed E-state index contributed by atoms with van der Waals surface area (Å²) in [5, 5.41) is 13.7. The summed E-state index contributed by atoms with van der Waals surface area (Å²) in [6.45, 7) is 4.08. The number of nitrogens with zero attached hydrogens (tertiary/aromatic N) is 3. The number of carboxylic acid groups (broad SMARTS) is 1. The largest absolute Gasteiger partial charge is 0.480 e. The van der Waals surface area contributed by atoms with Crippen molar-refractivity contribution in [1.29, 1.82) is 0 Å². The second kappa shape index (κ2) is 10.5. The third kappa shape index (κ3) is 5.39. The molecule has 1 atom stereocenters. The predicted octanol–water partition coefficient (Wildman–Crippen LogP) is 4.88. The quantitative estimate of drug-likeness (QED) is 0.378. The van der Waals surface area contributed by atoms with Crippen LogP contribution in [0.15, 0.2) is 73.1 Å². The van der Waals surface area contributed by atoms with Crippen LogP contribution in [0, 0.1) is 5.82 Å². The number of rotatable bonds is 7. The average molecular weight is 501 g/mol. The van der Waals surface area contributed by atoms with E-state index in [2.05, 4.69) is 15.2 Å². The molecule has 2 aromatic heterocycles. The molecule has 5 rings (SSSR count). The number of carbonyl (C=O) groups excluding carboxylic acids is 1. The lowest BCUT2D eigenvalue weighted by Gasteiger charge is -2.32. The maximum Gasteiger partial charge on any atom is 0.326 e. The number of nitrogens with one attached hydrogen (secondary N) is 1. The molecular weight excluding hydrogens is 471 g/mol. The van der Waals surface area contributed by atoms with E-state index in [1.54, 1.807) is 31.2 Å². The minimum atomic E-state index is -0.859. The van der Waals surface area contributed by atoms with Gasteiger partial charge in [-0.2, -0.15) is 0 Å². The van der Waals surface area contributed by atoms with Gasteiger partial charge in [0.05, 0.1) is 11.3 Å². The van der Waals surface area contributed by atoms with Crippen molar-refractivity contribution in [2.75, 3.05) is 13.1 Å². The summed E-state index contributed by atoms with van der Waals surface area (Å²) >= 11 is 0. The van der Waals surface area contributed by atoms with Crippen molar-refractivity contribution >= 4 is 22.8 Å². The molecule has 7 nitrogen and oxygen atoms in total. The third-order valence-electron chi connectivity index (χ3n) is 7.06. The second-order valence-electron chi connectivity index (χ2n) is 9.56. The van der Waals surface area contributed by atoms with Crippen molar-refractivity contribution in [3.63, 3.8) is 0 Å². The Balaban J connectivity index is 1.18. The number of likely N-dealkylation sites (tertiary alicyclic amines) is 1.